The van der Waals surface area contributed by atoms with Crippen molar-refractivity contribution in [2.75, 3.05) is 0 Å². The van der Waals surface area contributed by atoms with Crippen molar-refractivity contribution in [3.8, 4) is 0 Å². The quantitative estimate of drug-likeness (QED) is 0.256. The first-order valence-electron chi connectivity index (χ1n) is 1.11. The van der Waals surface area contributed by atoms with Crippen LogP contribution in [0.1, 0.15) is 0 Å². The van der Waals surface area contributed by atoms with Crippen LogP contribution in [0.4, 0.5) is 0 Å². The summed E-state index contributed by atoms with van der Waals surface area (Å²) in [6.45, 7) is 0. The number of hydrogen-bond donors (Lipinski definition) is 1. The molecule has 0 atom stereocenters. The van der Waals surface area contributed by atoms with Gasteiger partial charge in [0, 0.05) is 17.1 Å². The summed E-state index contributed by atoms with van der Waals surface area (Å²) in [7, 11) is 0. The maximum Gasteiger partial charge on any atom is 0.291 e. The van der Waals surface area contributed by atoms with Crippen LogP contribution in [0.25, 0.3) is 0 Å². The Morgan fingerprint density at radius 3 is 0.733 bits per heavy atom. The van der Waals surface area contributed by atoms with Gasteiger partial charge in [0.2, 0.25) is 0 Å². The molecule has 0 aliphatic rings. The molecular weight excluding hydrogens is 275 g/mol. The normalized spacial score (nSPS) is 3.20. The molecule has 0 saturated heterocycles. The van der Waals surface area contributed by atoms with Gasteiger partial charge in [0.1, 0.15) is 0 Å². The van der Waals surface area contributed by atoms with Crippen LogP contribution >= 0.6 is 0 Å². The first kappa shape index (κ1) is 100. The average Bonchev–Trinajstić information content (AvgIpc) is 1.25. The van der Waals surface area contributed by atoms with E-state index in [1.807, 2.05) is 0 Å². The van der Waals surface area contributed by atoms with Gasteiger partial charge in [-0.2, -0.15) is 0 Å². The molecule has 0 aliphatic heterocycles. The van der Waals surface area contributed by atoms with Gasteiger partial charge in [-0.3, -0.25) is 0 Å². The van der Waals surface area contributed by atoms with Gasteiger partial charge in [0.05, 0.1) is 5.09 Å². The second-order valence-electron chi connectivity index (χ2n) is 0.461. The fourth-order valence-electron chi connectivity index (χ4n) is 0. The van der Waals surface area contributed by atoms with Gasteiger partial charge in [0.25, 0.3) is 5.09 Å². The van der Waals surface area contributed by atoms with Crippen LogP contribution in [0.15, 0.2) is 0 Å². The minimum absolute atomic E-state index is 0. The zero-order valence-corrected chi connectivity index (χ0v) is 7.94. The monoisotopic (exact) mass is 288 g/mol. The maximum atomic E-state index is 8.36. The van der Waals surface area contributed by atoms with Crippen molar-refractivity contribution in [3.63, 3.8) is 0 Å². The van der Waals surface area contributed by atoms with Crippen LogP contribution in [-0.2, 0) is 17.1 Å². The molecule has 0 amide bonds. The van der Waals surface area contributed by atoms with E-state index in [0.717, 1.165) is 0 Å². The predicted molar refractivity (Wildman–Crippen MR) is 40.8 cm³/mol. The minimum atomic E-state index is -1.75. The third-order valence-electron chi connectivity index (χ3n) is 0. The van der Waals surface area contributed by atoms with Crippen LogP contribution < -0.4 is 0 Å². The summed E-state index contributed by atoms with van der Waals surface area (Å²) in [4.78, 5) is 16.6. The summed E-state index contributed by atoms with van der Waals surface area (Å²) >= 11 is 0. The van der Waals surface area contributed by atoms with E-state index in [1.165, 1.54) is 0 Å². The molecule has 0 unspecified atom stereocenters. The van der Waals surface area contributed by atoms with Gasteiger partial charge < -0.3 is 53.4 Å². The molecule has 15 heavy (non-hydrogen) atoms. The van der Waals surface area contributed by atoms with Crippen molar-refractivity contribution in [2.24, 2.45) is 0 Å². The predicted octanol–water partition coefficient (Wildman–Crippen LogP) is -5.54. The Bertz CT molecular complexity index is 71.6. The Morgan fingerprint density at radius 1 is 0.733 bits per heavy atom. The molecule has 0 aromatic heterocycles. The fourth-order valence-corrected chi connectivity index (χ4v) is 0. The number of nitrogens with zero attached hydrogens (tertiary/aromatic N) is 2. The molecule has 0 aliphatic carbocycles. The SMILES string of the molecule is O.O.O.O.O.O.O=[N+]([O-])O.O=[N+]([O-])[O-].[Mn]. The topological polar surface area (TPSA) is 319 Å². The Labute approximate surface area is 91.7 Å². The second kappa shape index (κ2) is 79.0. The van der Waals surface area contributed by atoms with Crippen LogP contribution in [0.5, 0.6) is 0 Å². The first-order chi connectivity index (χ1) is 3.46. The van der Waals surface area contributed by atoms with Crippen LogP contribution in [0, 0.1) is 25.4 Å². The molecule has 0 spiro atoms. The zero-order chi connectivity index (χ0) is 7.15. The molecule has 0 fully saturated rings. The number of hydrogen-bond acceptors (Lipinski definition) is 5. The Kier molecular flexibility index (Phi) is 529. The summed E-state index contributed by atoms with van der Waals surface area (Å²) in [5.41, 5.74) is 0. The molecule has 0 rings (SSSR count). The van der Waals surface area contributed by atoms with E-state index in [0.29, 0.717) is 0 Å². The first-order valence-corrected chi connectivity index (χ1v) is 1.11. The van der Waals surface area contributed by atoms with Crippen molar-refractivity contribution in [3.05, 3.63) is 25.4 Å². The molecular formula is H13MnN2O12-. The van der Waals surface area contributed by atoms with Crippen molar-refractivity contribution in [2.45, 2.75) is 0 Å². The largest absolute Gasteiger partial charge is 0.412 e. The van der Waals surface area contributed by atoms with Gasteiger partial charge in [-0.15, -0.1) is 10.1 Å². The summed E-state index contributed by atoms with van der Waals surface area (Å²) in [5.74, 6) is 0. The zero-order valence-electron chi connectivity index (χ0n) is 6.76. The summed E-state index contributed by atoms with van der Waals surface area (Å²) in [5, 5.41) is 28.4. The van der Waals surface area contributed by atoms with Crippen LogP contribution in [0.2, 0.25) is 0 Å². The van der Waals surface area contributed by atoms with Gasteiger partial charge in [-0.1, -0.05) is 0 Å². The summed E-state index contributed by atoms with van der Waals surface area (Å²) in [6, 6.07) is 0. The van der Waals surface area contributed by atoms with Gasteiger partial charge in [0.15, 0.2) is 0 Å². The standard InChI is InChI=1S/Mn.HNO3.NO3.6H2O/c;2*2-1(3)4;;;;;;/h;(H,2,3,4);;6*1H2/q;;-1;;;;;;. The summed E-state index contributed by atoms with van der Waals surface area (Å²) in [6.07, 6.45) is 0. The van der Waals surface area contributed by atoms with E-state index in [9.17, 15) is 0 Å². The Morgan fingerprint density at radius 2 is 0.733 bits per heavy atom. The van der Waals surface area contributed by atoms with Gasteiger partial charge in [-0.05, 0) is 0 Å². The Balaban J connectivity index is -0.00000000468. The Hall–Kier alpha value is -1.32. The van der Waals surface area contributed by atoms with E-state index in [4.69, 9.17) is 30.6 Å². The second-order valence-corrected chi connectivity index (χ2v) is 0.461. The minimum Gasteiger partial charge on any atom is -0.412 e. The van der Waals surface area contributed by atoms with Crippen LogP contribution in [-0.4, -0.2) is 48.2 Å². The van der Waals surface area contributed by atoms with Crippen molar-refractivity contribution in [1.29, 1.82) is 0 Å². The molecule has 0 saturated carbocycles. The molecule has 0 aromatic carbocycles. The van der Waals surface area contributed by atoms with E-state index in [1.54, 1.807) is 0 Å². The molecule has 0 bridgehead atoms. The maximum absolute atomic E-state index is 8.36. The van der Waals surface area contributed by atoms with E-state index in [-0.39, 0.29) is 49.9 Å². The van der Waals surface area contributed by atoms with Crippen LogP contribution in [0.3, 0.4) is 0 Å². The molecule has 14 nitrogen and oxygen atoms in total. The molecule has 103 valence electrons. The third-order valence-corrected chi connectivity index (χ3v) is 0. The van der Waals surface area contributed by atoms with E-state index >= 15 is 0 Å². The molecule has 15 heteroatoms. The van der Waals surface area contributed by atoms with Crippen molar-refractivity contribution in [1.82, 2.24) is 0 Å². The number of rotatable bonds is 0. The van der Waals surface area contributed by atoms with E-state index in [2.05, 4.69) is 0 Å². The fraction of sp³-hybridized carbons (Fsp3) is 0. The molecule has 13 N–H and O–H groups in total. The van der Waals surface area contributed by atoms with Crippen molar-refractivity contribution < 1.29 is 65.3 Å². The van der Waals surface area contributed by atoms with Crippen molar-refractivity contribution >= 4 is 0 Å². The van der Waals surface area contributed by atoms with Gasteiger partial charge in [-0.25, -0.2) is 0 Å². The summed E-state index contributed by atoms with van der Waals surface area (Å²) < 4.78 is 0. The van der Waals surface area contributed by atoms with E-state index < -0.39 is 10.2 Å². The third kappa shape index (κ3) is 829. The molecule has 0 heterocycles. The average molecular weight is 288 g/mol. The smallest absolute Gasteiger partial charge is 0.291 e. The molecule has 0 aromatic rings. The molecule has 1 radical (unpaired) electrons. The van der Waals surface area contributed by atoms with Gasteiger partial charge >= 0.3 is 0 Å².